The van der Waals surface area contributed by atoms with Crippen LogP contribution in [-0.4, -0.2) is 35.0 Å². The van der Waals surface area contributed by atoms with Gasteiger partial charge in [-0.2, -0.15) is 0 Å². The van der Waals surface area contributed by atoms with Crippen LogP contribution in [0.1, 0.15) is 71.1 Å². The maximum Gasteiger partial charge on any atom is 0.306 e. The number of carboxylic acids is 1. The normalized spacial score (nSPS) is 26.4. The summed E-state index contributed by atoms with van der Waals surface area (Å²) >= 11 is 0. The Labute approximate surface area is 143 Å². The number of aliphatic carboxylic acids is 1. The van der Waals surface area contributed by atoms with Gasteiger partial charge in [0.25, 0.3) is 0 Å². The lowest BCUT2D eigenvalue weighted by Crippen LogP contribution is -2.61. The van der Waals surface area contributed by atoms with Crippen molar-refractivity contribution >= 4 is 17.8 Å². The second-order valence-electron chi connectivity index (χ2n) is 7.29. The summed E-state index contributed by atoms with van der Waals surface area (Å²) in [6, 6.07) is 0. The van der Waals surface area contributed by atoms with E-state index in [-0.39, 0.29) is 17.7 Å². The van der Waals surface area contributed by atoms with Crippen LogP contribution in [0.15, 0.2) is 0 Å². The van der Waals surface area contributed by atoms with Gasteiger partial charge in [-0.3, -0.25) is 14.4 Å². The molecule has 2 unspecified atom stereocenters. The van der Waals surface area contributed by atoms with E-state index in [0.717, 1.165) is 32.1 Å². The highest BCUT2D eigenvalue weighted by Gasteiger charge is 2.42. The minimum absolute atomic E-state index is 0.0806. The molecule has 6 heteroatoms. The predicted octanol–water partition coefficient (Wildman–Crippen LogP) is 2.22. The first-order valence-corrected chi connectivity index (χ1v) is 9.31. The monoisotopic (exact) mass is 338 g/mol. The number of hydrogen-bond donors (Lipinski definition) is 3. The zero-order chi connectivity index (χ0) is 17.6. The Morgan fingerprint density at radius 3 is 2.33 bits per heavy atom. The average Bonchev–Trinajstić information content (AvgIpc) is 2.60. The highest BCUT2D eigenvalue weighted by atomic mass is 16.4. The van der Waals surface area contributed by atoms with Crippen LogP contribution in [0.3, 0.4) is 0 Å². The van der Waals surface area contributed by atoms with Crippen LogP contribution in [-0.2, 0) is 14.4 Å². The molecule has 2 atom stereocenters. The number of hydrogen-bond acceptors (Lipinski definition) is 3. The topological polar surface area (TPSA) is 95.5 Å². The van der Waals surface area contributed by atoms with E-state index in [9.17, 15) is 19.5 Å². The van der Waals surface area contributed by atoms with E-state index in [1.807, 2.05) is 6.92 Å². The number of nitrogens with one attached hydrogen (secondary N) is 2. The van der Waals surface area contributed by atoms with Gasteiger partial charge >= 0.3 is 5.97 Å². The van der Waals surface area contributed by atoms with E-state index in [1.54, 1.807) is 0 Å². The van der Waals surface area contributed by atoms with Crippen molar-refractivity contribution in [2.24, 2.45) is 11.8 Å². The molecule has 2 aliphatic carbocycles. The van der Waals surface area contributed by atoms with Gasteiger partial charge in [0.15, 0.2) is 0 Å². The van der Waals surface area contributed by atoms with Gasteiger partial charge in [0.1, 0.15) is 5.54 Å². The fraction of sp³-hybridized carbons (Fsp3) is 0.833. The van der Waals surface area contributed by atoms with E-state index in [2.05, 4.69) is 10.6 Å². The molecule has 0 aromatic rings. The van der Waals surface area contributed by atoms with E-state index in [0.29, 0.717) is 38.6 Å². The molecule has 2 rings (SSSR count). The Balaban J connectivity index is 2.04. The van der Waals surface area contributed by atoms with Crippen LogP contribution >= 0.6 is 0 Å². The fourth-order valence-corrected chi connectivity index (χ4v) is 3.96. The van der Waals surface area contributed by atoms with Gasteiger partial charge < -0.3 is 15.7 Å². The maximum atomic E-state index is 12.7. The number of amides is 2. The molecule has 0 saturated heterocycles. The van der Waals surface area contributed by atoms with Crippen molar-refractivity contribution in [3.05, 3.63) is 0 Å². The molecule has 2 amide bonds. The number of carbonyl (C=O) groups excluding carboxylic acids is 2. The van der Waals surface area contributed by atoms with Crippen LogP contribution in [0.4, 0.5) is 0 Å². The number of carbonyl (C=O) groups is 3. The predicted molar refractivity (Wildman–Crippen MR) is 90.3 cm³/mol. The maximum absolute atomic E-state index is 12.7. The Bertz CT molecular complexity index is 472. The Morgan fingerprint density at radius 1 is 1.04 bits per heavy atom. The van der Waals surface area contributed by atoms with Gasteiger partial charge in [-0.15, -0.1) is 0 Å². The number of carboxylic acid groups (broad SMARTS) is 1. The van der Waals surface area contributed by atoms with Crippen LogP contribution in [0.5, 0.6) is 0 Å². The lowest BCUT2D eigenvalue weighted by atomic mass is 9.78. The molecule has 2 aliphatic rings. The van der Waals surface area contributed by atoms with Gasteiger partial charge in [0.05, 0.1) is 5.92 Å². The highest BCUT2D eigenvalue weighted by Crippen LogP contribution is 2.32. The first kappa shape index (κ1) is 18.7. The molecule has 0 radical (unpaired) electrons. The van der Waals surface area contributed by atoms with Crippen molar-refractivity contribution in [1.29, 1.82) is 0 Å². The molecule has 0 aromatic heterocycles. The fourth-order valence-electron chi connectivity index (χ4n) is 3.96. The Morgan fingerprint density at radius 2 is 1.71 bits per heavy atom. The van der Waals surface area contributed by atoms with Crippen LogP contribution in [0, 0.1) is 11.8 Å². The molecular formula is C18H30N2O4. The summed E-state index contributed by atoms with van der Waals surface area (Å²) in [5, 5.41) is 15.2. The zero-order valence-corrected chi connectivity index (χ0v) is 14.6. The second-order valence-corrected chi connectivity index (χ2v) is 7.29. The third kappa shape index (κ3) is 4.48. The summed E-state index contributed by atoms with van der Waals surface area (Å²) in [6.07, 6.45) is 7.64. The summed E-state index contributed by atoms with van der Waals surface area (Å²) in [5.74, 6) is -1.78. The van der Waals surface area contributed by atoms with Crippen molar-refractivity contribution in [3.8, 4) is 0 Å². The lowest BCUT2D eigenvalue weighted by Gasteiger charge is -2.38. The van der Waals surface area contributed by atoms with Crippen molar-refractivity contribution < 1.29 is 19.5 Å². The molecule has 2 fully saturated rings. The smallest absolute Gasteiger partial charge is 0.306 e. The van der Waals surface area contributed by atoms with E-state index in [1.165, 1.54) is 0 Å². The third-order valence-electron chi connectivity index (χ3n) is 5.43. The first-order valence-electron chi connectivity index (χ1n) is 9.31. The van der Waals surface area contributed by atoms with Gasteiger partial charge in [-0.1, -0.05) is 32.6 Å². The van der Waals surface area contributed by atoms with Gasteiger partial charge in [0, 0.05) is 12.5 Å². The molecule has 24 heavy (non-hydrogen) atoms. The summed E-state index contributed by atoms with van der Waals surface area (Å²) in [4.78, 5) is 36.6. The van der Waals surface area contributed by atoms with Crippen LogP contribution in [0.25, 0.3) is 0 Å². The second kappa shape index (κ2) is 8.49. The van der Waals surface area contributed by atoms with Crippen LogP contribution in [0.2, 0.25) is 0 Å². The standard InChI is InChI=1S/C18H30N2O4/c1-2-11-19-17(24)18(9-4-3-5-10-18)20-15(21)13-7-6-8-14(12-13)16(22)23/h13-14H,2-12H2,1H3,(H,19,24)(H,20,21)(H,22,23). The average molecular weight is 338 g/mol. The molecule has 0 spiro atoms. The molecule has 6 nitrogen and oxygen atoms in total. The van der Waals surface area contributed by atoms with Gasteiger partial charge in [-0.25, -0.2) is 0 Å². The summed E-state index contributed by atoms with van der Waals surface area (Å²) in [7, 11) is 0. The molecule has 136 valence electrons. The van der Waals surface area contributed by atoms with E-state index < -0.39 is 17.4 Å². The summed E-state index contributed by atoms with van der Waals surface area (Å²) < 4.78 is 0. The van der Waals surface area contributed by atoms with Crippen molar-refractivity contribution in [3.63, 3.8) is 0 Å². The highest BCUT2D eigenvalue weighted by molar-refractivity contribution is 5.92. The molecule has 0 aliphatic heterocycles. The SMILES string of the molecule is CCCNC(=O)C1(NC(=O)C2CCCC(C(=O)O)C2)CCCCC1. The van der Waals surface area contributed by atoms with Gasteiger partial charge in [-0.05, 0) is 38.5 Å². The largest absolute Gasteiger partial charge is 0.481 e. The molecule has 0 heterocycles. The zero-order valence-electron chi connectivity index (χ0n) is 14.6. The molecule has 2 saturated carbocycles. The molecular weight excluding hydrogens is 308 g/mol. The van der Waals surface area contributed by atoms with Crippen molar-refractivity contribution in [2.75, 3.05) is 6.54 Å². The third-order valence-corrected chi connectivity index (χ3v) is 5.43. The van der Waals surface area contributed by atoms with Crippen molar-refractivity contribution in [1.82, 2.24) is 10.6 Å². The van der Waals surface area contributed by atoms with Gasteiger partial charge in [0.2, 0.25) is 11.8 Å². The lowest BCUT2D eigenvalue weighted by molar-refractivity contribution is -0.145. The summed E-state index contributed by atoms with van der Waals surface area (Å²) in [6.45, 7) is 2.61. The Kier molecular flexibility index (Phi) is 6.63. The molecule has 3 N–H and O–H groups in total. The number of rotatable bonds is 6. The minimum atomic E-state index is -0.819. The Hall–Kier alpha value is -1.59. The molecule has 0 bridgehead atoms. The van der Waals surface area contributed by atoms with E-state index >= 15 is 0 Å². The quantitative estimate of drug-likeness (QED) is 0.692. The summed E-state index contributed by atoms with van der Waals surface area (Å²) in [5.41, 5.74) is -0.805. The minimum Gasteiger partial charge on any atom is -0.481 e. The molecule has 0 aromatic carbocycles. The van der Waals surface area contributed by atoms with E-state index in [4.69, 9.17) is 0 Å². The first-order chi connectivity index (χ1) is 11.5. The van der Waals surface area contributed by atoms with Crippen LogP contribution < -0.4 is 10.6 Å². The van der Waals surface area contributed by atoms with Crippen molar-refractivity contribution in [2.45, 2.75) is 76.7 Å².